The van der Waals surface area contributed by atoms with Crippen molar-refractivity contribution >= 4 is 23.3 Å². The maximum atomic E-state index is 12.3. The predicted octanol–water partition coefficient (Wildman–Crippen LogP) is 1.77. The lowest BCUT2D eigenvalue weighted by Gasteiger charge is -2.07. The fourth-order valence-corrected chi connectivity index (χ4v) is 2.81. The van der Waals surface area contributed by atoms with Gasteiger partial charge in [-0.05, 0) is 18.6 Å². The van der Waals surface area contributed by atoms with Gasteiger partial charge in [-0.1, -0.05) is 31.9 Å². The van der Waals surface area contributed by atoms with Crippen LogP contribution in [-0.4, -0.2) is 30.4 Å². The van der Waals surface area contributed by atoms with Gasteiger partial charge < -0.3 is 9.67 Å². The van der Waals surface area contributed by atoms with E-state index in [-0.39, 0.29) is 5.75 Å². The van der Waals surface area contributed by atoms with Crippen molar-refractivity contribution in [2.24, 2.45) is 12.1 Å². The van der Waals surface area contributed by atoms with Gasteiger partial charge in [0, 0.05) is 19.2 Å². The van der Waals surface area contributed by atoms with Crippen LogP contribution in [0.25, 0.3) is 11.2 Å². The number of fused-ring (bicyclic) bond motifs is 1. The summed E-state index contributed by atoms with van der Waals surface area (Å²) in [6.45, 7) is 2.67. The number of hydrogen-bond donors (Lipinski definition) is 3. The molecular formula is C18H22N6O3. The fraction of sp³-hybridized carbons (Fsp3) is 0.333. The molecule has 0 aliphatic heterocycles. The van der Waals surface area contributed by atoms with E-state index < -0.39 is 11.2 Å². The monoisotopic (exact) mass is 370 g/mol. The van der Waals surface area contributed by atoms with Crippen molar-refractivity contribution in [2.75, 3.05) is 5.43 Å². The fourth-order valence-electron chi connectivity index (χ4n) is 2.81. The van der Waals surface area contributed by atoms with Crippen LogP contribution in [0, 0.1) is 0 Å². The van der Waals surface area contributed by atoms with Crippen LogP contribution in [0.1, 0.15) is 31.7 Å². The minimum Gasteiger partial charge on any atom is -0.507 e. The summed E-state index contributed by atoms with van der Waals surface area (Å²) < 4.78 is 3.02. The number of unbranched alkanes of at least 4 members (excludes halogenated alkanes) is 2. The standard InChI is InChI=1S/C18H22N6O3/c1-3-4-7-10-24-14-15(23(2)18(27)21-16(14)26)20-17(24)22-19-11-12-8-5-6-9-13(12)25/h5-6,8-9,11,25H,3-4,7,10H2,1-2H3,(H,20,22)(H,21,26,27). The number of aryl methyl sites for hydroxylation is 2. The molecule has 0 amide bonds. The average Bonchev–Trinajstić information content (AvgIpc) is 3.01. The van der Waals surface area contributed by atoms with Crippen LogP contribution in [0.3, 0.4) is 0 Å². The van der Waals surface area contributed by atoms with Crippen LogP contribution < -0.4 is 16.7 Å². The van der Waals surface area contributed by atoms with Gasteiger partial charge in [0.25, 0.3) is 5.56 Å². The van der Waals surface area contributed by atoms with Crippen LogP contribution in [0.15, 0.2) is 39.0 Å². The summed E-state index contributed by atoms with van der Waals surface area (Å²) in [6.07, 6.45) is 4.37. The van der Waals surface area contributed by atoms with E-state index in [1.54, 1.807) is 35.9 Å². The highest BCUT2D eigenvalue weighted by Gasteiger charge is 2.16. The number of nitrogens with one attached hydrogen (secondary N) is 2. The summed E-state index contributed by atoms with van der Waals surface area (Å²) in [6, 6.07) is 6.80. The maximum Gasteiger partial charge on any atom is 0.329 e. The van der Waals surface area contributed by atoms with E-state index in [9.17, 15) is 14.7 Å². The summed E-state index contributed by atoms with van der Waals surface area (Å²) in [4.78, 5) is 30.9. The van der Waals surface area contributed by atoms with Crippen molar-refractivity contribution in [1.29, 1.82) is 0 Å². The van der Waals surface area contributed by atoms with Crippen molar-refractivity contribution in [2.45, 2.75) is 32.7 Å². The molecule has 0 bridgehead atoms. The smallest absolute Gasteiger partial charge is 0.329 e. The summed E-state index contributed by atoms with van der Waals surface area (Å²) >= 11 is 0. The molecule has 3 N–H and O–H groups in total. The second-order valence-electron chi connectivity index (χ2n) is 6.21. The number of H-pyrrole nitrogens is 1. The van der Waals surface area contributed by atoms with Gasteiger partial charge >= 0.3 is 5.69 Å². The molecule has 0 saturated heterocycles. The Morgan fingerprint density at radius 1 is 1.30 bits per heavy atom. The number of phenolic OH excluding ortho intramolecular Hbond substituents is 1. The van der Waals surface area contributed by atoms with E-state index in [2.05, 4.69) is 27.4 Å². The van der Waals surface area contributed by atoms with Crippen LogP contribution in [0.2, 0.25) is 0 Å². The van der Waals surface area contributed by atoms with Crippen molar-refractivity contribution < 1.29 is 5.11 Å². The molecule has 27 heavy (non-hydrogen) atoms. The first kappa shape index (κ1) is 18.4. The summed E-state index contributed by atoms with van der Waals surface area (Å²) in [5.41, 5.74) is 2.99. The topological polar surface area (TPSA) is 117 Å². The zero-order chi connectivity index (χ0) is 19.4. The molecule has 0 unspecified atom stereocenters. The molecule has 9 heteroatoms. The molecule has 3 rings (SSSR count). The third kappa shape index (κ3) is 3.76. The summed E-state index contributed by atoms with van der Waals surface area (Å²) in [7, 11) is 1.55. The Bertz CT molecular complexity index is 1090. The zero-order valence-electron chi connectivity index (χ0n) is 15.3. The Morgan fingerprint density at radius 3 is 2.81 bits per heavy atom. The number of benzene rings is 1. The molecule has 0 atom stereocenters. The number of nitrogens with zero attached hydrogens (tertiary/aromatic N) is 4. The predicted molar refractivity (Wildman–Crippen MR) is 104 cm³/mol. The number of hydrogen-bond acceptors (Lipinski definition) is 6. The van der Waals surface area contributed by atoms with E-state index in [1.807, 2.05) is 0 Å². The largest absolute Gasteiger partial charge is 0.507 e. The molecule has 0 aliphatic carbocycles. The van der Waals surface area contributed by atoms with E-state index in [0.29, 0.717) is 29.2 Å². The summed E-state index contributed by atoms with van der Waals surface area (Å²) in [5.74, 6) is 0.470. The van der Waals surface area contributed by atoms with E-state index in [4.69, 9.17) is 0 Å². The highest BCUT2D eigenvalue weighted by atomic mass is 16.3. The molecule has 9 nitrogen and oxygen atoms in total. The van der Waals surface area contributed by atoms with Gasteiger partial charge in [-0.3, -0.25) is 14.3 Å². The second kappa shape index (κ2) is 7.90. The molecule has 0 fully saturated rings. The molecule has 1 aromatic carbocycles. The normalized spacial score (nSPS) is 11.5. The minimum absolute atomic E-state index is 0.110. The maximum absolute atomic E-state index is 12.3. The van der Waals surface area contributed by atoms with Gasteiger partial charge in [0.15, 0.2) is 11.2 Å². The number of hydrazone groups is 1. The van der Waals surface area contributed by atoms with Gasteiger partial charge in [0.1, 0.15) is 5.75 Å². The molecule has 2 heterocycles. The number of rotatable bonds is 7. The number of imidazole rings is 1. The van der Waals surface area contributed by atoms with Gasteiger partial charge in [-0.25, -0.2) is 10.2 Å². The Kier molecular flexibility index (Phi) is 5.39. The molecule has 0 aliphatic rings. The number of phenols is 1. The Balaban J connectivity index is 2.00. The third-order valence-electron chi connectivity index (χ3n) is 4.30. The van der Waals surface area contributed by atoms with E-state index in [0.717, 1.165) is 19.3 Å². The van der Waals surface area contributed by atoms with Crippen molar-refractivity contribution in [3.05, 3.63) is 50.7 Å². The average molecular weight is 370 g/mol. The SMILES string of the molecule is CCCCCn1c(NN=Cc2ccccc2O)nc2c1c(=O)[nH]c(=O)n2C. The number of aromatic nitrogens is 4. The number of aromatic amines is 1. The highest BCUT2D eigenvalue weighted by molar-refractivity contribution is 5.83. The lowest BCUT2D eigenvalue weighted by Crippen LogP contribution is -2.29. The Labute approximate surface area is 155 Å². The van der Waals surface area contributed by atoms with E-state index >= 15 is 0 Å². The molecular weight excluding hydrogens is 348 g/mol. The second-order valence-corrected chi connectivity index (χ2v) is 6.21. The molecule has 0 spiro atoms. The van der Waals surface area contributed by atoms with Gasteiger partial charge in [-0.2, -0.15) is 10.1 Å². The molecule has 0 radical (unpaired) electrons. The molecule has 3 aromatic rings. The van der Waals surface area contributed by atoms with Crippen molar-refractivity contribution in [3.8, 4) is 5.75 Å². The first-order chi connectivity index (χ1) is 13.0. The quantitative estimate of drug-likeness (QED) is 0.333. The van der Waals surface area contributed by atoms with Crippen LogP contribution in [-0.2, 0) is 13.6 Å². The molecule has 2 aromatic heterocycles. The Morgan fingerprint density at radius 2 is 2.07 bits per heavy atom. The minimum atomic E-state index is -0.519. The lowest BCUT2D eigenvalue weighted by molar-refractivity contribution is 0.474. The van der Waals surface area contributed by atoms with E-state index in [1.165, 1.54) is 10.8 Å². The van der Waals surface area contributed by atoms with Gasteiger partial charge in [-0.15, -0.1) is 0 Å². The Hall–Kier alpha value is -3.36. The van der Waals surface area contributed by atoms with Crippen molar-refractivity contribution in [1.82, 2.24) is 19.1 Å². The summed E-state index contributed by atoms with van der Waals surface area (Å²) in [5, 5.41) is 13.9. The van der Waals surface area contributed by atoms with Gasteiger partial charge in [0.2, 0.25) is 5.95 Å². The third-order valence-corrected chi connectivity index (χ3v) is 4.30. The number of para-hydroxylation sites is 1. The first-order valence-electron chi connectivity index (χ1n) is 8.79. The van der Waals surface area contributed by atoms with Gasteiger partial charge in [0.05, 0.1) is 6.21 Å². The number of anilines is 1. The highest BCUT2D eigenvalue weighted by Crippen LogP contribution is 2.17. The van der Waals surface area contributed by atoms with Crippen molar-refractivity contribution in [3.63, 3.8) is 0 Å². The van der Waals surface area contributed by atoms with Crippen LogP contribution >= 0.6 is 0 Å². The van der Waals surface area contributed by atoms with Crippen LogP contribution in [0.4, 0.5) is 5.95 Å². The lowest BCUT2D eigenvalue weighted by atomic mass is 10.2. The number of aromatic hydroxyl groups is 1. The molecule has 142 valence electrons. The molecule has 0 saturated carbocycles. The van der Waals surface area contributed by atoms with Crippen LogP contribution in [0.5, 0.6) is 5.75 Å². The first-order valence-corrected chi connectivity index (χ1v) is 8.79. The zero-order valence-corrected chi connectivity index (χ0v) is 15.3.